The van der Waals surface area contributed by atoms with Gasteiger partial charge < -0.3 is 14.7 Å². The van der Waals surface area contributed by atoms with Gasteiger partial charge >= 0.3 is 6.09 Å². The fraction of sp³-hybridized carbons (Fsp3) is 0.588. The Labute approximate surface area is 125 Å². The molecule has 2 aliphatic rings. The van der Waals surface area contributed by atoms with Crippen LogP contribution in [-0.4, -0.2) is 34.8 Å². The Kier molecular flexibility index (Phi) is 3.24. The van der Waals surface area contributed by atoms with Gasteiger partial charge in [0, 0.05) is 18.5 Å². The lowest BCUT2D eigenvalue weighted by atomic mass is 9.91. The molecule has 0 spiro atoms. The number of aliphatic hydroxyl groups is 1. The van der Waals surface area contributed by atoms with E-state index in [9.17, 15) is 9.90 Å². The van der Waals surface area contributed by atoms with Gasteiger partial charge in [0.25, 0.3) is 0 Å². The van der Waals surface area contributed by atoms with Crippen LogP contribution in [0.25, 0.3) is 0 Å². The lowest BCUT2D eigenvalue weighted by molar-refractivity contribution is 0.0270. The number of piperidine rings is 1. The Morgan fingerprint density at radius 2 is 2.14 bits per heavy atom. The summed E-state index contributed by atoms with van der Waals surface area (Å²) in [6, 6.07) is 8.01. The van der Waals surface area contributed by atoms with E-state index in [1.54, 1.807) is 0 Å². The number of rotatable bonds is 2. The number of carbonyl (C=O) groups is 1. The molecular formula is C17H23NO3. The van der Waals surface area contributed by atoms with E-state index in [-0.39, 0.29) is 18.1 Å². The molecule has 21 heavy (non-hydrogen) atoms. The first-order chi connectivity index (χ1) is 9.86. The van der Waals surface area contributed by atoms with Gasteiger partial charge in [0.1, 0.15) is 5.60 Å². The van der Waals surface area contributed by atoms with Crippen molar-refractivity contribution >= 4 is 6.09 Å². The van der Waals surface area contributed by atoms with Crippen molar-refractivity contribution in [3.05, 3.63) is 35.4 Å². The standard InChI is InChI=1S/C17H23NO3/c1-16(2,3)21-15(20)18-9-13-8-17(13,11-18)14-7-5-4-6-12(14)10-19/h4-7,13,19H,8-11H2,1-3H3. The van der Waals surface area contributed by atoms with E-state index in [0.717, 1.165) is 18.5 Å². The second-order valence-corrected chi connectivity index (χ2v) is 7.23. The zero-order valence-corrected chi connectivity index (χ0v) is 12.9. The van der Waals surface area contributed by atoms with E-state index < -0.39 is 5.60 Å². The molecule has 2 unspecified atom stereocenters. The molecule has 1 heterocycles. The average molecular weight is 289 g/mol. The molecule has 3 rings (SSSR count). The summed E-state index contributed by atoms with van der Waals surface area (Å²) in [5.74, 6) is 0.498. The molecule has 1 saturated heterocycles. The molecule has 4 heteroatoms. The van der Waals surface area contributed by atoms with Gasteiger partial charge in [-0.2, -0.15) is 0 Å². The molecule has 0 radical (unpaired) electrons. The van der Waals surface area contributed by atoms with Gasteiger partial charge in [-0.25, -0.2) is 4.79 Å². The van der Waals surface area contributed by atoms with Gasteiger partial charge in [0.15, 0.2) is 0 Å². The highest BCUT2D eigenvalue weighted by Crippen LogP contribution is 2.59. The summed E-state index contributed by atoms with van der Waals surface area (Å²) in [4.78, 5) is 14.0. The molecule has 1 aliphatic carbocycles. The predicted octanol–water partition coefficient (Wildman–Crippen LogP) is 2.69. The number of amides is 1. The van der Waals surface area contributed by atoms with Gasteiger partial charge in [-0.15, -0.1) is 0 Å². The fourth-order valence-electron chi connectivity index (χ4n) is 3.51. The number of likely N-dealkylation sites (tertiary alicyclic amines) is 1. The molecule has 4 nitrogen and oxygen atoms in total. The Hall–Kier alpha value is -1.55. The smallest absolute Gasteiger partial charge is 0.410 e. The van der Waals surface area contributed by atoms with Crippen molar-refractivity contribution in [2.75, 3.05) is 13.1 Å². The van der Waals surface area contributed by atoms with Crippen molar-refractivity contribution in [2.45, 2.75) is 44.8 Å². The zero-order valence-electron chi connectivity index (χ0n) is 12.9. The maximum Gasteiger partial charge on any atom is 0.410 e. The SMILES string of the molecule is CC(C)(C)OC(=O)N1CC2CC2(c2ccccc2CO)C1. The number of ether oxygens (including phenoxy) is 1. The Morgan fingerprint density at radius 3 is 2.81 bits per heavy atom. The highest BCUT2D eigenvalue weighted by Gasteiger charge is 2.62. The number of hydrogen-bond acceptors (Lipinski definition) is 3. The minimum atomic E-state index is -0.458. The lowest BCUT2D eigenvalue weighted by Gasteiger charge is -2.26. The zero-order chi connectivity index (χ0) is 15.3. The van der Waals surface area contributed by atoms with E-state index >= 15 is 0 Å². The van der Waals surface area contributed by atoms with Gasteiger partial charge in [-0.1, -0.05) is 24.3 Å². The monoisotopic (exact) mass is 289 g/mol. The Balaban J connectivity index is 1.77. The van der Waals surface area contributed by atoms with Crippen LogP contribution in [0, 0.1) is 5.92 Å². The van der Waals surface area contributed by atoms with Crippen LogP contribution in [0.15, 0.2) is 24.3 Å². The summed E-state index contributed by atoms with van der Waals surface area (Å²) in [5, 5.41) is 9.53. The summed E-state index contributed by atoms with van der Waals surface area (Å²) in [5.41, 5.74) is 1.76. The van der Waals surface area contributed by atoms with Gasteiger partial charge in [-0.05, 0) is 44.2 Å². The van der Waals surface area contributed by atoms with E-state index in [4.69, 9.17) is 4.74 Å². The van der Waals surface area contributed by atoms with Crippen LogP contribution in [-0.2, 0) is 16.8 Å². The third kappa shape index (κ3) is 2.53. The Bertz CT molecular complexity index is 563. The average Bonchev–Trinajstić information content (AvgIpc) is 2.99. The minimum Gasteiger partial charge on any atom is -0.444 e. The molecule has 1 saturated carbocycles. The van der Waals surface area contributed by atoms with Crippen LogP contribution in [0.4, 0.5) is 4.79 Å². The van der Waals surface area contributed by atoms with Crippen LogP contribution in [0.1, 0.15) is 38.3 Å². The molecular weight excluding hydrogens is 266 g/mol. The number of fused-ring (bicyclic) bond motifs is 1. The first kappa shape index (κ1) is 14.4. The maximum absolute atomic E-state index is 12.2. The van der Waals surface area contributed by atoms with Crippen LogP contribution in [0.2, 0.25) is 0 Å². The second-order valence-electron chi connectivity index (χ2n) is 7.23. The quantitative estimate of drug-likeness (QED) is 0.910. The van der Waals surface area contributed by atoms with E-state index in [1.807, 2.05) is 43.9 Å². The molecule has 1 amide bonds. The molecule has 2 atom stereocenters. The normalized spacial score (nSPS) is 27.4. The second kappa shape index (κ2) is 4.73. The van der Waals surface area contributed by atoms with Gasteiger partial charge in [-0.3, -0.25) is 0 Å². The number of carbonyl (C=O) groups excluding carboxylic acids is 1. The first-order valence-corrected chi connectivity index (χ1v) is 7.53. The summed E-state index contributed by atoms with van der Waals surface area (Å²) >= 11 is 0. The van der Waals surface area contributed by atoms with Crippen molar-refractivity contribution in [3.63, 3.8) is 0 Å². The highest BCUT2D eigenvalue weighted by atomic mass is 16.6. The number of hydrogen-bond donors (Lipinski definition) is 1. The van der Waals surface area contributed by atoms with Crippen molar-refractivity contribution < 1.29 is 14.6 Å². The maximum atomic E-state index is 12.2. The van der Waals surface area contributed by atoms with Gasteiger partial charge in [0.05, 0.1) is 6.61 Å². The largest absolute Gasteiger partial charge is 0.444 e. The van der Waals surface area contributed by atoms with Crippen molar-refractivity contribution in [1.29, 1.82) is 0 Å². The summed E-state index contributed by atoms with van der Waals surface area (Å²) in [7, 11) is 0. The molecule has 0 aromatic heterocycles. The van der Waals surface area contributed by atoms with Crippen molar-refractivity contribution in [3.8, 4) is 0 Å². The number of benzene rings is 1. The number of aliphatic hydroxyl groups excluding tert-OH is 1. The molecule has 2 fully saturated rings. The van der Waals surface area contributed by atoms with Crippen LogP contribution in [0.5, 0.6) is 0 Å². The topological polar surface area (TPSA) is 49.8 Å². The van der Waals surface area contributed by atoms with Crippen molar-refractivity contribution in [1.82, 2.24) is 4.90 Å². The highest BCUT2D eigenvalue weighted by molar-refractivity contribution is 5.70. The van der Waals surface area contributed by atoms with E-state index in [2.05, 4.69) is 6.07 Å². The molecule has 1 N–H and O–H groups in total. The minimum absolute atomic E-state index is 0.0379. The molecule has 1 aromatic rings. The third-order valence-electron chi connectivity index (χ3n) is 4.52. The number of nitrogens with zero attached hydrogens (tertiary/aromatic N) is 1. The third-order valence-corrected chi connectivity index (χ3v) is 4.52. The molecule has 1 aliphatic heterocycles. The molecule has 1 aromatic carbocycles. The van der Waals surface area contributed by atoms with Crippen molar-refractivity contribution in [2.24, 2.45) is 5.92 Å². The van der Waals surface area contributed by atoms with Crippen LogP contribution < -0.4 is 0 Å². The summed E-state index contributed by atoms with van der Waals surface area (Å²) in [6.07, 6.45) is 0.874. The lowest BCUT2D eigenvalue weighted by Crippen LogP contribution is -2.37. The summed E-state index contributed by atoms with van der Waals surface area (Å²) in [6.45, 7) is 7.17. The molecule has 0 bridgehead atoms. The van der Waals surface area contributed by atoms with Crippen LogP contribution in [0.3, 0.4) is 0 Å². The molecule has 114 valence electrons. The van der Waals surface area contributed by atoms with Gasteiger partial charge in [0.2, 0.25) is 0 Å². The van der Waals surface area contributed by atoms with E-state index in [1.165, 1.54) is 5.56 Å². The first-order valence-electron chi connectivity index (χ1n) is 7.53. The van der Waals surface area contributed by atoms with Crippen LogP contribution >= 0.6 is 0 Å². The predicted molar refractivity (Wildman–Crippen MR) is 80.0 cm³/mol. The fourth-order valence-corrected chi connectivity index (χ4v) is 3.51. The Morgan fingerprint density at radius 1 is 1.43 bits per heavy atom. The van der Waals surface area contributed by atoms with E-state index in [0.29, 0.717) is 12.5 Å². The summed E-state index contributed by atoms with van der Waals surface area (Å²) < 4.78 is 5.47.